The van der Waals surface area contributed by atoms with Crippen LogP contribution in [-0.4, -0.2) is 37.6 Å². The topological polar surface area (TPSA) is 83.6 Å². The molecule has 1 atom stereocenters. The van der Waals surface area contributed by atoms with Crippen LogP contribution < -0.4 is 9.62 Å². The van der Waals surface area contributed by atoms with Gasteiger partial charge in [-0.25, -0.2) is 8.42 Å². The van der Waals surface area contributed by atoms with E-state index in [1.165, 1.54) is 10.6 Å². The molecule has 1 aliphatic rings. The summed E-state index contributed by atoms with van der Waals surface area (Å²) in [4.78, 5) is 12.5. The zero-order valence-corrected chi connectivity index (χ0v) is 16.2. The average Bonchev–Trinajstić information content (AvgIpc) is 2.97. The number of anilines is 2. The third-order valence-electron chi connectivity index (χ3n) is 4.15. The van der Waals surface area contributed by atoms with Gasteiger partial charge in [0.2, 0.25) is 10.0 Å². The number of nitrogens with zero attached hydrogens (tertiary/aromatic N) is 1. The summed E-state index contributed by atoms with van der Waals surface area (Å²) in [6.07, 6.45) is 3.40. The number of nitrogens with one attached hydrogen (secondary N) is 1. The van der Waals surface area contributed by atoms with Crippen LogP contribution >= 0.6 is 0 Å². The lowest BCUT2D eigenvalue weighted by Gasteiger charge is -2.16. The van der Waals surface area contributed by atoms with E-state index in [0.717, 1.165) is 11.1 Å². The highest BCUT2D eigenvalue weighted by atomic mass is 32.2. The maximum atomic E-state index is 12.5. The molecule has 0 aromatic heterocycles. The maximum Gasteiger partial charge on any atom is 0.255 e. The Balaban J connectivity index is 1.79. The molecule has 3 rings (SSSR count). The van der Waals surface area contributed by atoms with Gasteiger partial charge in [0.15, 0.2) is 0 Å². The minimum absolute atomic E-state index is 0.264. The smallest absolute Gasteiger partial charge is 0.255 e. The molecule has 0 saturated heterocycles. The number of sulfonamides is 1. The Morgan fingerprint density at radius 2 is 2.00 bits per heavy atom. The first-order valence-electron chi connectivity index (χ1n) is 8.05. The molecule has 1 heterocycles. The van der Waals surface area contributed by atoms with Crippen LogP contribution in [0.25, 0.3) is 0 Å². The highest BCUT2D eigenvalue weighted by Crippen LogP contribution is 2.30. The van der Waals surface area contributed by atoms with Crippen molar-refractivity contribution in [3.05, 3.63) is 59.2 Å². The van der Waals surface area contributed by atoms with Crippen LogP contribution in [0.15, 0.2) is 42.5 Å². The number of carbonyl (C=O) groups is 1. The van der Waals surface area contributed by atoms with Crippen molar-refractivity contribution in [2.75, 3.05) is 28.7 Å². The van der Waals surface area contributed by atoms with Crippen molar-refractivity contribution < 1.29 is 17.4 Å². The average molecular weight is 393 g/mol. The lowest BCUT2D eigenvalue weighted by Crippen LogP contribution is -2.27. The Hall–Kier alpha value is -2.19. The molecule has 8 heteroatoms. The van der Waals surface area contributed by atoms with Gasteiger partial charge in [0.1, 0.15) is 0 Å². The molecule has 138 valence electrons. The predicted molar refractivity (Wildman–Crippen MR) is 105 cm³/mol. The van der Waals surface area contributed by atoms with Gasteiger partial charge in [-0.15, -0.1) is 0 Å². The van der Waals surface area contributed by atoms with E-state index in [9.17, 15) is 17.4 Å². The Labute approximate surface area is 155 Å². The normalized spacial score (nSPS) is 14.8. The van der Waals surface area contributed by atoms with Crippen LogP contribution in [0.4, 0.5) is 11.4 Å². The molecule has 26 heavy (non-hydrogen) atoms. The number of rotatable bonds is 5. The van der Waals surface area contributed by atoms with Crippen molar-refractivity contribution in [3.63, 3.8) is 0 Å². The van der Waals surface area contributed by atoms with E-state index in [-0.39, 0.29) is 5.91 Å². The standard InChI is InChI=1S/C18H20N2O4S2/c1-25(22)12-13-4-3-5-16(10-13)19-18(21)15-6-7-17-14(11-15)8-9-20(17)26(2,23)24/h3-7,10-11H,8-9,12H2,1-2H3,(H,19,21). The van der Waals surface area contributed by atoms with Crippen molar-refractivity contribution in [1.29, 1.82) is 0 Å². The van der Waals surface area contributed by atoms with Crippen molar-refractivity contribution in [2.24, 2.45) is 0 Å². The molecule has 0 aliphatic carbocycles. The first kappa shape index (κ1) is 18.6. The molecule has 0 spiro atoms. The fraction of sp³-hybridized carbons (Fsp3) is 0.278. The van der Waals surface area contributed by atoms with Crippen LogP contribution in [-0.2, 0) is 33.0 Å². The second-order valence-electron chi connectivity index (χ2n) is 6.30. The summed E-state index contributed by atoms with van der Waals surface area (Å²) in [5, 5.41) is 2.83. The number of fused-ring (bicyclic) bond motifs is 1. The Kier molecular flexibility index (Phi) is 5.15. The molecule has 1 amide bonds. The van der Waals surface area contributed by atoms with E-state index in [0.29, 0.717) is 35.7 Å². The number of amides is 1. The molecule has 1 unspecified atom stereocenters. The largest absolute Gasteiger partial charge is 0.322 e. The molecule has 0 fully saturated rings. The summed E-state index contributed by atoms with van der Waals surface area (Å²) in [7, 11) is -4.26. The van der Waals surface area contributed by atoms with Crippen molar-refractivity contribution >= 4 is 38.1 Å². The minimum Gasteiger partial charge on any atom is -0.322 e. The summed E-state index contributed by atoms with van der Waals surface area (Å²) in [5.41, 5.74) is 3.48. The molecule has 1 N–H and O–H groups in total. The van der Waals surface area contributed by atoms with Gasteiger partial charge in [0, 0.05) is 40.6 Å². The lowest BCUT2D eigenvalue weighted by atomic mass is 10.1. The third-order valence-corrected chi connectivity index (χ3v) is 6.07. The van der Waals surface area contributed by atoms with Crippen molar-refractivity contribution in [3.8, 4) is 0 Å². The van der Waals surface area contributed by atoms with Crippen LogP contribution in [0, 0.1) is 0 Å². The fourth-order valence-electron chi connectivity index (χ4n) is 3.03. The summed E-state index contributed by atoms with van der Waals surface area (Å²) in [5.74, 6) is 0.171. The Bertz CT molecular complexity index is 986. The van der Waals surface area contributed by atoms with E-state index >= 15 is 0 Å². The van der Waals surface area contributed by atoms with Crippen LogP contribution in [0.5, 0.6) is 0 Å². The zero-order valence-electron chi connectivity index (χ0n) is 14.6. The number of carbonyl (C=O) groups excluding carboxylic acids is 1. The van der Waals surface area contributed by atoms with Crippen LogP contribution in [0.2, 0.25) is 0 Å². The van der Waals surface area contributed by atoms with Gasteiger partial charge in [-0.3, -0.25) is 13.3 Å². The number of hydrogen-bond donors (Lipinski definition) is 1. The predicted octanol–water partition coefficient (Wildman–Crippen LogP) is 2.14. The van der Waals surface area contributed by atoms with Gasteiger partial charge < -0.3 is 5.32 Å². The molecule has 2 aromatic carbocycles. The van der Waals surface area contributed by atoms with Gasteiger partial charge >= 0.3 is 0 Å². The SMILES string of the molecule is CS(=O)Cc1cccc(NC(=O)c2ccc3c(c2)CCN3S(C)(=O)=O)c1. The van der Waals surface area contributed by atoms with E-state index in [2.05, 4.69) is 5.32 Å². The van der Waals surface area contributed by atoms with Gasteiger partial charge in [0.05, 0.1) is 11.9 Å². The summed E-state index contributed by atoms with van der Waals surface area (Å²) < 4.78 is 36.3. The van der Waals surface area contributed by atoms with Gasteiger partial charge in [-0.05, 0) is 47.9 Å². The van der Waals surface area contributed by atoms with Crippen LogP contribution in [0.1, 0.15) is 21.5 Å². The first-order chi connectivity index (χ1) is 12.2. The second-order valence-corrected chi connectivity index (χ2v) is 9.64. The summed E-state index contributed by atoms with van der Waals surface area (Å²) >= 11 is 0. The lowest BCUT2D eigenvalue weighted by molar-refractivity contribution is 0.102. The van der Waals surface area contributed by atoms with E-state index in [1.807, 2.05) is 12.1 Å². The Morgan fingerprint density at radius 1 is 1.23 bits per heavy atom. The first-order valence-corrected chi connectivity index (χ1v) is 11.6. The van der Waals surface area contributed by atoms with E-state index in [4.69, 9.17) is 0 Å². The maximum absolute atomic E-state index is 12.5. The molecule has 0 saturated carbocycles. The molecule has 0 radical (unpaired) electrons. The van der Waals surface area contributed by atoms with Gasteiger partial charge in [-0.2, -0.15) is 0 Å². The summed E-state index contributed by atoms with van der Waals surface area (Å²) in [6.45, 7) is 0.398. The van der Waals surface area contributed by atoms with Crippen LogP contribution in [0.3, 0.4) is 0 Å². The number of benzene rings is 2. The third kappa shape index (κ3) is 4.13. The molecule has 2 aromatic rings. The molecular weight excluding hydrogens is 372 g/mol. The Morgan fingerprint density at radius 3 is 2.69 bits per heavy atom. The summed E-state index contributed by atoms with van der Waals surface area (Å²) in [6, 6.07) is 12.3. The molecule has 1 aliphatic heterocycles. The number of hydrogen-bond acceptors (Lipinski definition) is 4. The van der Waals surface area contributed by atoms with Crippen molar-refractivity contribution in [1.82, 2.24) is 0 Å². The fourth-order valence-corrected chi connectivity index (χ4v) is 4.64. The molecule has 0 bridgehead atoms. The molecular formula is C18H20N2O4S2. The highest BCUT2D eigenvalue weighted by molar-refractivity contribution is 7.92. The van der Waals surface area contributed by atoms with E-state index in [1.54, 1.807) is 36.6 Å². The molecule has 6 nitrogen and oxygen atoms in total. The quantitative estimate of drug-likeness (QED) is 0.845. The minimum atomic E-state index is -3.30. The highest BCUT2D eigenvalue weighted by Gasteiger charge is 2.26. The van der Waals surface area contributed by atoms with Gasteiger partial charge in [0.25, 0.3) is 5.91 Å². The monoisotopic (exact) mass is 392 g/mol. The second kappa shape index (κ2) is 7.20. The zero-order chi connectivity index (χ0) is 18.9. The van der Waals surface area contributed by atoms with E-state index < -0.39 is 20.8 Å². The van der Waals surface area contributed by atoms with Gasteiger partial charge in [-0.1, -0.05) is 12.1 Å². The van der Waals surface area contributed by atoms with Crippen molar-refractivity contribution in [2.45, 2.75) is 12.2 Å².